The molecule has 4 aromatic heterocycles. The molecule has 71 heavy (non-hydrogen) atoms. The van der Waals surface area contributed by atoms with Crippen molar-refractivity contribution in [3.63, 3.8) is 0 Å². The quantitative estimate of drug-likeness (QED) is 0.0511. The van der Waals surface area contributed by atoms with Crippen molar-refractivity contribution in [3.8, 4) is 5.75 Å². The molecule has 1 fully saturated rings. The highest BCUT2D eigenvalue weighted by Gasteiger charge is 2.33. The summed E-state index contributed by atoms with van der Waals surface area (Å²) in [5.41, 5.74) is 8.67. The molecule has 2 aliphatic rings. The summed E-state index contributed by atoms with van der Waals surface area (Å²) in [5, 5.41) is 25.4. The van der Waals surface area contributed by atoms with E-state index >= 15 is 0 Å². The third kappa shape index (κ3) is 10.9. The molecule has 6 aromatic rings. The number of oxazole rings is 1. The van der Waals surface area contributed by atoms with Gasteiger partial charge < -0.3 is 43.7 Å². The number of aryl methyl sites for hydroxylation is 4. The van der Waals surface area contributed by atoms with Gasteiger partial charge in [0.1, 0.15) is 23.2 Å². The predicted molar refractivity (Wildman–Crippen MR) is 256 cm³/mol. The summed E-state index contributed by atoms with van der Waals surface area (Å²) in [6.07, 6.45) is 5.86. The minimum absolute atomic E-state index is 0.00709. The molecule has 0 bridgehead atoms. The van der Waals surface area contributed by atoms with Crippen LogP contribution < -0.4 is 26.2 Å². The number of nitrogens with two attached hydrogens (primary N) is 2. The zero-order valence-electron chi connectivity index (χ0n) is 39.3. The molecule has 1 saturated heterocycles. The van der Waals surface area contributed by atoms with Crippen molar-refractivity contribution >= 4 is 73.5 Å². The second-order valence-electron chi connectivity index (χ2n) is 16.8. The number of amides is 5. The number of imidazole rings is 2. The molecule has 5 amide bonds. The molecule has 2 aromatic carbocycles. The van der Waals surface area contributed by atoms with Gasteiger partial charge in [-0.05, 0) is 62.7 Å². The lowest BCUT2D eigenvalue weighted by atomic mass is 10.1. The number of carbonyl (C=O) groups excluding carboxylic acids is 5. The van der Waals surface area contributed by atoms with Crippen molar-refractivity contribution in [2.75, 3.05) is 43.5 Å². The molecule has 1 atom stereocenters. The molecule has 24 nitrogen and oxygen atoms in total. The Hall–Kier alpha value is -7.74. The number of ether oxygens (including phenoxy) is 2. The summed E-state index contributed by atoms with van der Waals surface area (Å²) in [6.45, 7) is 8.97. The van der Waals surface area contributed by atoms with Crippen molar-refractivity contribution < 1.29 is 51.4 Å². The Bertz CT molecular complexity index is 3230. The minimum atomic E-state index is -4.08. The molecule has 0 spiro atoms. The van der Waals surface area contributed by atoms with Gasteiger partial charge in [-0.3, -0.25) is 39.3 Å². The lowest BCUT2D eigenvalue weighted by Gasteiger charge is -2.39. The Morgan fingerprint density at radius 1 is 0.944 bits per heavy atom. The number of nitrogens with zero attached hydrogens (tertiary/aromatic N) is 9. The lowest BCUT2D eigenvalue weighted by molar-refractivity contribution is -0.146. The van der Waals surface area contributed by atoms with Crippen LogP contribution in [-0.2, 0) is 50.4 Å². The highest BCUT2D eigenvalue weighted by Crippen LogP contribution is 2.32. The maximum atomic E-state index is 13.8. The maximum absolute atomic E-state index is 13.8. The predicted octanol–water partition coefficient (Wildman–Crippen LogP) is 2.38. The normalized spacial score (nSPS) is 15.1. The first-order chi connectivity index (χ1) is 33.9. The Balaban J connectivity index is 1.02. The van der Waals surface area contributed by atoms with Gasteiger partial charge in [0, 0.05) is 70.7 Å². The van der Waals surface area contributed by atoms with Gasteiger partial charge in [-0.1, -0.05) is 19.1 Å². The molecule has 0 radical (unpaired) electrons. The summed E-state index contributed by atoms with van der Waals surface area (Å²) in [4.78, 5) is 80.8. The number of benzene rings is 2. The number of sulfonamides is 1. The minimum Gasteiger partial charge on any atom is -0.491 e. The summed E-state index contributed by atoms with van der Waals surface area (Å²) < 4.78 is 47.4. The molecule has 2 aliphatic heterocycles. The number of carbonyl (C=O) groups is 5. The van der Waals surface area contributed by atoms with Gasteiger partial charge in [0.15, 0.2) is 5.89 Å². The largest absolute Gasteiger partial charge is 0.491 e. The van der Waals surface area contributed by atoms with E-state index < -0.39 is 34.0 Å². The number of likely N-dealkylation sites (tertiary alicyclic amines) is 1. The van der Waals surface area contributed by atoms with E-state index in [1.165, 1.54) is 41.3 Å². The highest BCUT2D eigenvalue weighted by atomic mass is 32.2. The van der Waals surface area contributed by atoms with Crippen LogP contribution >= 0.6 is 0 Å². The second-order valence-corrected chi connectivity index (χ2v) is 18.3. The standard InChI is InChI=1S/C46H53N13O11S/c1-5-31-41(70-27(4)49-31)44(65)53-46-51-33-21-28(42(47)63)22-36(69-19-9-18-68-29-24-55(25-29)37(60)14-17-57-38(61)12-13-39(57)62)40(33)58(46)16-8-7-15-56-34-11-10-30(71(48,66)67)23-32(34)50-45(56)52-43(64)35-20-26(3)54-59(35)6-2/h7-8,10-13,20-23,29,38,61H,5-6,9,14-19,24-25H2,1-4H3,(H2,47,63)(H2,48,66,67)(H,50,52,64)(H,51,53,65)/b8-7+. The van der Waals surface area contributed by atoms with Crippen molar-refractivity contribution in [3.05, 3.63) is 95.0 Å². The van der Waals surface area contributed by atoms with E-state index in [2.05, 4.69) is 25.7 Å². The van der Waals surface area contributed by atoms with Gasteiger partial charge in [-0.2, -0.15) is 5.10 Å². The Morgan fingerprint density at radius 2 is 1.66 bits per heavy atom. The summed E-state index contributed by atoms with van der Waals surface area (Å²) in [6, 6.07) is 8.83. The first kappa shape index (κ1) is 49.7. The van der Waals surface area contributed by atoms with Crippen LogP contribution in [0.2, 0.25) is 0 Å². The summed E-state index contributed by atoms with van der Waals surface area (Å²) >= 11 is 0. The number of fused-ring (bicyclic) bond motifs is 2. The Labute approximate surface area is 406 Å². The number of anilines is 2. The molecule has 0 aliphatic carbocycles. The van der Waals surface area contributed by atoms with Crippen LogP contribution in [-0.4, -0.2) is 132 Å². The van der Waals surface area contributed by atoms with Crippen LogP contribution in [0.5, 0.6) is 5.75 Å². The fourth-order valence-corrected chi connectivity index (χ4v) is 8.75. The number of rotatable bonds is 21. The van der Waals surface area contributed by atoms with E-state index in [0.717, 1.165) is 0 Å². The first-order valence-electron chi connectivity index (χ1n) is 22.8. The number of allylic oxidation sites excluding steroid dienone is 2. The monoisotopic (exact) mass is 995 g/mol. The SMILES string of the molecule is CCc1nc(C)oc1C(=O)Nc1nc2cc(C(N)=O)cc(OCCCOC3CN(C(=O)CCN4C(=O)C=CC4O)C3)c2n1C/C=C/Cn1c(NC(=O)c2cc(C)nn2CC)nc2cc(S(N)(=O)=O)ccc21. The van der Waals surface area contributed by atoms with Crippen molar-refractivity contribution in [2.24, 2.45) is 10.9 Å². The van der Waals surface area contributed by atoms with Crippen LogP contribution in [0.15, 0.2) is 70.0 Å². The van der Waals surface area contributed by atoms with Gasteiger partial charge >= 0.3 is 0 Å². The van der Waals surface area contributed by atoms with E-state index in [1.807, 2.05) is 13.8 Å². The second kappa shape index (κ2) is 20.7. The van der Waals surface area contributed by atoms with Crippen LogP contribution in [0.25, 0.3) is 22.1 Å². The zero-order valence-corrected chi connectivity index (χ0v) is 40.1. The van der Waals surface area contributed by atoms with Gasteiger partial charge in [0.25, 0.3) is 11.8 Å². The van der Waals surface area contributed by atoms with Crippen LogP contribution in [0.3, 0.4) is 0 Å². The third-order valence-corrected chi connectivity index (χ3v) is 12.7. The van der Waals surface area contributed by atoms with Crippen LogP contribution in [0.1, 0.15) is 75.4 Å². The summed E-state index contributed by atoms with van der Waals surface area (Å²) in [5.74, 6) is -1.61. The molecule has 8 rings (SSSR count). The number of aromatic nitrogens is 7. The van der Waals surface area contributed by atoms with E-state index in [0.29, 0.717) is 66.5 Å². The highest BCUT2D eigenvalue weighted by molar-refractivity contribution is 7.89. The fraction of sp³-hybridized carbons (Fsp3) is 0.370. The number of hydrogen-bond acceptors (Lipinski definition) is 15. The average molecular weight is 996 g/mol. The van der Waals surface area contributed by atoms with Gasteiger partial charge in [-0.15, -0.1) is 0 Å². The number of aliphatic hydroxyl groups is 1. The van der Waals surface area contributed by atoms with Crippen molar-refractivity contribution in [1.29, 1.82) is 0 Å². The number of primary sulfonamides is 1. The molecule has 374 valence electrons. The molecule has 1 unspecified atom stereocenters. The third-order valence-electron chi connectivity index (χ3n) is 11.8. The molecule has 25 heteroatoms. The van der Waals surface area contributed by atoms with Crippen LogP contribution in [0.4, 0.5) is 11.9 Å². The van der Waals surface area contributed by atoms with Crippen LogP contribution in [0, 0.1) is 13.8 Å². The van der Waals surface area contributed by atoms with Gasteiger partial charge in [-0.25, -0.2) is 28.5 Å². The fourth-order valence-electron chi connectivity index (χ4n) is 8.22. The van der Waals surface area contributed by atoms with E-state index in [4.69, 9.17) is 29.7 Å². The van der Waals surface area contributed by atoms with Crippen molar-refractivity contribution in [1.82, 2.24) is 43.7 Å². The Morgan fingerprint density at radius 3 is 2.35 bits per heavy atom. The number of nitrogens with one attached hydrogen (secondary N) is 2. The number of hydrogen-bond donors (Lipinski definition) is 5. The Kier molecular flexibility index (Phi) is 14.5. The molecular formula is C46H53N13O11S. The van der Waals surface area contributed by atoms with E-state index in [1.54, 1.807) is 56.8 Å². The van der Waals surface area contributed by atoms with Crippen molar-refractivity contribution in [2.45, 2.75) is 83.8 Å². The van der Waals surface area contributed by atoms with E-state index in [9.17, 15) is 37.5 Å². The van der Waals surface area contributed by atoms with E-state index in [-0.39, 0.29) is 102 Å². The topological polar surface area (TPSA) is 320 Å². The number of aliphatic hydroxyl groups excluding tert-OH is 1. The zero-order chi connectivity index (χ0) is 50.7. The molecule has 6 heterocycles. The molecular weight excluding hydrogens is 943 g/mol. The number of primary amides is 1. The molecule has 0 saturated carbocycles. The summed E-state index contributed by atoms with van der Waals surface area (Å²) in [7, 11) is -4.08. The maximum Gasteiger partial charge on any atom is 0.295 e. The molecule has 7 N–H and O–H groups in total. The lowest BCUT2D eigenvalue weighted by Crippen LogP contribution is -2.55. The first-order valence-corrected chi connectivity index (χ1v) is 24.3. The van der Waals surface area contributed by atoms with Gasteiger partial charge in [0.05, 0.1) is 52.2 Å². The average Bonchev–Trinajstić information content (AvgIpc) is 4.13. The smallest absolute Gasteiger partial charge is 0.295 e. The van der Waals surface area contributed by atoms with Gasteiger partial charge in [0.2, 0.25) is 45.4 Å².